The van der Waals surface area contributed by atoms with E-state index in [-0.39, 0.29) is 5.43 Å². The van der Waals surface area contributed by atoms with Crippen LogP contribution in [0.3, 0.4) is 0 Å². The zero-order valence-corrected chi connectivity index (χ0v) is 16.4. The van der Waals surface area contributed by atoms with E-state index in [1.807, 2.05) is 64.6 Å². The third-order valence-electron chi connectivity index (χ3n) is 4.36. The molecule has 2 aromatic carbocycles. The second-order valence-corrected chi connectivity index (χ2v) is 7.17. The maximum atomic E-state index is 12.9. The number of fused-ring (bicyclic) bond motifs is 2. The fourth-order valence-electron chi connectivity index (χ4n) is 2.81. The summed E-state index contributed by atoms with van der Waals surface area (Å²) in [5.74, 6) is 1.46. The van der Waals surface area contributed by atoms with Crippen LogP contribution >= 0.6 is 0 Å². The number of rotatable bonds is 8. The lowest BCUT2D eigenvalue weighted by Crippen LogP contribution is -2.19. The zero-order chi connectivity index (χ0) is 19.4. The molecule has 0 fully saturated rings. The van der Waals surface area contributed by atoms with Gasteiger partial charge in [-0.2, -0.15) is 0 Å². The standard InChI is InChI=1S/C21H27N3O3/c1-23(2)9-11-26-15-6-8-19-18(13-15)21(25)17-7-5-16(14-20(17)22-19)27-12-10-24(3)4/h5-8,13-14H,9-12H2,1-4H3,(H,22,25). The molecular formula is C21H27N3O3. The largest absolute Gasteiger partial charge is 0.492 e. The molecule has 0 bridgehead atoms. The zero-order valence-electron chi connectivity index (χ0n) is 16.4. The Balaban J connectivity index is 1.87. The molecule has 0 spiro atoms. The van der Waals surface area contributed by atoms with Gasteiger partial charge in [0.1, 0.15) is 24.7 Å². The smallest absolute Gasteiger partial charge is 0.197 e. The van der Waals surface area contributed by atoms with Crippen molar-refractivity contribution in [1.29, 1.82) is 0 Å². The van der Waals surface area contributed by atoms with Gasteiger partial charge in [-0.3, -0.25) is 4.79 Å². The van der Waals surface area contributed by atoms with Crippen molar-refractivity contribution in [3.8, 4) is 11.5 Å². The molecule has 1 aromatic heterocycles. The van der Waals surface area contributed by atoms with Crippen LogP contribution in [0.25, 0.3) is 21.8 Å². The molecule has 0 atom stereocenters. The maximum absolute atomic E-state index is 12.9. The Bertz CT molecular complexity index is 979. The number of nitrogens with one attached hydrogen (secondary N) is 1. The van der Waals surface area contributed by atoms with E-state index in [0.717, 1.165) is 29.9 Å². The van der Waals surface area contributed by atoms with Gasteiger partial charge in [-0.15, -0.1) is 0 Å². The Morgan fingerprint density at radius 2 is 1.37 bits per heavy atom. The first-order valence-corrected chi connectivity index (χ1v) is 9.09. The van der Waals surface area contributed by atoms with Crippen molar-refractivity contribution in [1.82, 2.24) is 14.8 Å². The summed E-state index contributed by atoms with van der Waals surface area (Å²) < 4.78 is 11.5. The van der Waals surface area contributed by atoms with Crippen LogP contribution in [0.4, 0.5) is 0 Å². The second kappa shape index (κ2) is 8.41. The quantitative estimate of drug-likeness (QED) is 0.619. The maximum Gasteiger partial charge on any atom is 0.197 e. The van der Waals surface area contributed by atoms with E-state index < -0.39 is 0 Å². The molecule has 0 aliphatic carbocycles. The van der Waals surface area contributed by atoms with Gasteiger partial charge in [0.2, 0.25) is 0 Å². The van der Waals surface area contributed by atoms with Gasteiger partial charge < -0.3 is 24.3 Å². The Hall–Kier alpha value is -2.57. The molecule has 0 saturated carbocycles. The number of aromatic nitrogens is 1. The van der Waals surface area contributed by atoms with E-state index in [1.54, 1.807) is 0 Å². The van der Waals surface area contributed by atoms with Gasteiger partial charge in [-0.1, -0.05) is 0 Å². The van der Waals surface area contributed by atoms with Crippen molar-refractivity contribution in [2.24, 2.45) is 0 Å². The van der Waals surface area contributed by atoms with Crippen LogP contribution in [0.1, 0.15) is 0 Å². The molecule has 0 aliphatic heterocycles. The average molecular weight is 369 g/mol. The highest BCUT2D eigenvalue weighted by Crippen LogP contribution is 2.23. The Labute approximate surface area is 159 Å². The number of likely N-dealkylation sites (N-methyl/N-ethyl adjacent to an activating group) is 2. The third-order valence-corrected chi connectivity index (χ3v) is 4.36. The van der Waals surface area contributed by atoms with Crippen LogP contribution in [0.2, 0.25) is 0 Å². The van der Waals surface area contributed by atoms with E-state index >= 15 is 0 Å². The first-order valence-electron chi connectivity index (χ1n) is 9.09. The van der Waals surface area contributed by atoms with Gasteiger partial charge in [0.25, 0.3) is 0 Å². The molecule has 1 heterocycles. The molecule has 6 nitrogen and oxygen atoms in total. The van der Waals surface area contributed by atoms with Crippen LogP contribution in [0.5, 0.6) is 11.5 Å². The number of hydrogen-bond donors (Lipinski definition) is 1. The molecule has 0 radical (unpaired) electrons. The van der Waals surface area contributed by atoms with Crippen LogP contribution in [-0.4, -0.2) is 69.3 Å². The number of nitrogens with zero attached hydrogens (tertiary/aromatic N) is 2. The summed E-state index contributed by atoms with van der Waals surface area (Å²) >= 11 is 0. The van der Waals surface area contributed by atoms with Crippen molar-refractivity contribution < 1.29 is 9.47 Å². The van der Waals surface area contributed by atoms with Crippen LogP contribution < -0.4 is 14.9 Å². The summed E-state index contributed by atoms with van der Waals surface area (Å²) in [5.41, 5.74) is 1.56. The highest BCUT2D eigenvalue weighted by molar-refractivity contribution is 5.93. The molecule has 0 saturated heterocycles. The summed E-state index contributed by atoms with van der Waals surface area (Å²) in [7, 11) is 8.01. The van der Waals surface area contributed by atoms with Crippen molar-refractivity contribution in [2.45, 2.75) is 0 Å². The second-order valence-electron chi connectivity index (χ2n) is 7.17. The molecule has 6 heteroatoms. The number of benzene rings is 2. The van der Waals surface area contributed by atoms with Gasteiger partial charge >= 0.3 is 0 Å². The van der Waals surface area contributed by atoms with E-state index in [4.69, 9.17) is 9.47 Å². The van der Waals surface area contributed by atoms with Crippen LogP contribution in [0, 0.1) is 0 Å². The highest BCUT2D eigenvalue weighted by atomic mass is 16.5. The number of hydrogen-bond acceptors (Lipinski definition) is 5. The average Bonchev–Trinajstić information content (AvgIpc) is 2.61. The predicted octanol–water partition coefficient (Wildman–Crippen LogP) is 2.56. The molecule has 1 N–H and O–H groups in total. The molecule has 3 rings (SSSR count). The SMILES string of the molecule is CN(C)CCOc1ccc2c(=O)c3cc(OCCN(C)C)ccc3[nH]c2c1. The van der Waals surface area contributed by atoms with E-state index in [1.165, 1.54) is 0 Å². The minimum absolute atomic E-state index is 0.00310. The Morgan fingerprint density at radius 3 is 2.00 bits per heavy atom. The Morgan fingerprint density at radius 1 is 0.778 bits per heavy atom. The monoisotopic (exact) mass is 369 g/mol. The molecule has 3 aromatic rings. The topological polar surface area (TPSA) is 57.8 Å². The first-order chi connectivity index (χ1) is 12.9. The molecule has 0 aliphatic rings. The molecular weight excluding hydrogens is 342 g/mol. The van der Waals surface area contributed by atoms with Crippen LogP contribution in [0.15, 0.2) is 41.2 Å². The fraction of sp³-hybridized carbons (Fsp3) is 0.381. The van der Waals surface area contributed by atoms with Crippen molar-refractivity contribution in [3.05, 3.63) is 46.6 Å². The van der Waals surface area contributed by atoms with Crippen LogP contribution in [-0.2, 0) is 0 Å². The minimum Gasteiger partial charge on any atom is -0.492 e. The van der Waals surface area contributed by atoms with Crippen molar-refractivity contribution in [3.63, 3.8) is 0 Å². The van der Waals surface area contributed by atoms with E-state index in [2.05, 4.69) is 14.8 Å². The van der Waals surface area contributed by atoms with Gasteiger partial charge in [-0.25, -0.2) is 0 Å². The molecule has 0 amide bonds. The summed E-state index contributed by atoms with van der Waals surface area (Å²) in [5, 5.41) is 1.28. The molecule has 144 valence electrons. The Kier molecular flexibility index (Phi) is 5.98. The molecule has 0 unspecified atom stereocenters. The molecule has 27 heavy (non-hydrogen) atoms. The lowest BCUT2D eigenvalue weighted by atomic mass is 10.1. The minimum atomic E-state index is -0.00310. The van der Waals surface area contributed by atoms with Gasteiger partial charge in [-0.05, 0) is 58.5 Å². The van der Waals surface area contributed by atoms with Crippen molar-refractivity contribution in [2.75, 3.05) is 54.5 Å². The summed E-state index contributed by atoms with van der Waals surface area (Å²) in [6.07, 6.45) is 0. The summed E-state index contributed by atoms with van der Waals surface area (Å²) in [6, 6.07) is 11.1. The number of H-pyrrole nitrogens is 1. The van der Waals surface area contributed by atoms with Gasteiger partial charge in [0.15, 0.2) is 5.43 Å². The summed E-state index contributed by atoms with van der Waals surface area (Å²) in [6.45, 7) is 2.84. The van der Waals surface area contributed by atoms with Gasteiger partial charge in [0, 0.05) is 29.9 Å². The lowest BCUT2D eigenvalue weighted by Gasteiger charge is -2.12. The van der Waals surface area contributed by atoms with E-state index in [0.29, 0.717) is 29.7 Å². The van der Waals surface area contributed by atoms with Crippen molar-refractivity contribution >= 4 is 21.8 Å². The summed E-state index contributed by atoms with van der Waals surface area (Å²) in [4.78, 5) is 20.4. The highest BCUT2D eigenvalue weighted by Gasteiger charge is 2.08. The predicted molar refractivity (Wildman–Crippen MR) is 110 cm³/mol. The number of pyridine rings is 1. The lowest BCUT2D eigenvalue weighted by molar-refractivity contribution is 0.261. The third kappa shape index (κ3) is 4.78. The normalized spacial score (nSPS) is 11.6. The number of aromatic amines is 1. The van der Waals surface area contributed by atoms with E-state index in [9.17, 15) is 4.79 Å². The number of ether oxygens (including phenoxy) is 2. The fourth-order valence-corrected chi connectivity index (χ4v) is 2.81. The first kappa shape index (κ1) is 19.2. The van der Waals surface area contributed by atoms with Gasteiger partial charge in [0.05, 0.1) is 11.0 Å².